The summed E-state index contributed by atoms with van der Waals surface area (Å²) in [6.07, 6.45) is 7.00. The van der Waals surface area contributed by atoms with Crippen LogP contribution < -0.4 is 9.47 Å². The number of Topliss-reactive ketones (excluding diaryl/α,β-unsaturated/α-hetero) is 1. The van der Waals surface area contributed by atoms with E-state index >= 15 is 0 Å². The van der Waals surface area contributed by atoms with Gasteiger partial charge in [0.05, 0.1) is 12.7 Å². The van der Waals surface area contributed by atoms with Gasteiger partial charge in [0, 0.05) is 44.1 Å². The second kappa shape index (κ2) is 12.7. The highest BCUT2D eigenvalue weighted by Gasteiger charge is 2.27. The van der Waals surface area contributed by atoms with Crippen LogP contribution in [0.2, 0.25) is 0 Å². The molecule has 1 aromatic heterocycles. The highest BCUT2D eigenvalue weighted by molar-refractivity contribution is 5.97. The van der Waals surface area contributed by atoms with Gasteiger partial charge in [0.2, 0.25) is 0 Å². The normalized spacial score (nSPS) is 19.4. The number of likely N-dealkylation sites (tertiary alicyclic amines) is 1. The van der Waals surface area contributed by atoms with E-state index < -0.39 is 0 Å². The first-order chi connectivity index (χ1) is 19.5. The van der Waals surface area contributed by atoms with Crippen molar-refractivity contribution in [3.05, 3.63) is 95.4 Å². The van der Waals surface area contributed by atoms with Gasteiger partial charge < -0.3 is 14.4 Å². The molecule has 0 unspecified atom stereocenters. The smallest absolute Gasteiger partial charge is 0.272 e. The van der Waals surface area contributed by atoms with E-state index in [9.17, 15) is 14.0 Å². The number of rotatable bonds is 8. The topological polar surface area (TPSA) is 73.1 Å². The lowest BCUT2D eigenvalue weighted by Crippen LogP contribution is -2.42. The van der Waals surface area contributed by atoms with Gasteiger partial charge in [-0.3, -0.25) is 14.6 Å². The maximum Gasteiger partial charge on any atom is 0.272 e. The minimum absolute atomic E-state index is 0.0142. The number of ketones is 1. The van der Waals surface area contributed by atoms with Crippen molar-refractivity contribution >= 4 is 17.4 Å². The summed E-state index contributed by atoms with van der Waals surface area (Å²) in [6.45, 7) is 8.18. The minimum Gasteiger partial charge on any atom is -0.490 e. The number of amides is 1. The predicted molar refractivity (Wildman–Crippen MR) is 148 cm³/mol. The van der Waals surface area contributed by atoms with Crippen molar-refractivity contribution in [2.24, 2.45) is 5.92 Å². The zero-order valence-electron chi connectivity index (χ0n) is 22.3. The van der Waals surface area contributed by atoms with E-state index in [0.717, 1.165) is 31.4 Å². The van der Waals surface area contributed by atoms with Gasteiger partial charge in [-0.2, -0.15) is 0 Å². The van der Waals surface area contributed by atoms with E-state index in [1.807, 2.05) is 0 Å². The maximum absolute atomic E-state index is 13.1. The number of piperidine rings is 1. The van der Waals surface area contributed by atoms with Crippen LogP contribution in [-0.2, 0) is 0 Å². The lowest BCUT2D eigenvalue weighted by atomic mass is 9.83. The number of carbonyl (C=O) groups excluding carboxylic acids is 2. The third-order valence-electron chi connectivity index (χ3n) is 7.69. The summed E-state index contributed by atoms with van der Waals surface area (Å²) < 4.78 is 25.1. The molecule has 8 heteroatoms. The van der Waals surface area contributed by atoms with Gasteiger partial charge >= 0.3 is 0 Å². The molecule has 1 aliphatic carbocycles. The lowest BCUT2D eigenvalue weighted by molar-refractivity contribution is 0.0589. The Kier molecular flexibility index (Phi) is 8.70. The van der Waals surface area contributed by atoms with Gasteiger partial charge in [-0.1, -0.05) is 12.1 Å². The summed E-state index contributed by atoms with van der Waals surface area (Å²) in [5.41, 5.74) is 1.44. The van der Waals surface area contributed by atoms with Gasteiger partial charge in [-0.25, -0.2) is 9.24 Å². The Morgan fingerprint density at radius 1 is 0.850 bits per heavy atom. The fourth-order valence-corrected chi connectivity index (χ4v) is 5.36. The Balaban J connectivity index is 1.05. The number of benzene rings is 2. The Hall–Kier alpha value is -4.25. The highest BCUT2D eigenvalue weighted by Crippen LogP contribution is 2.31. The minimum atomic E-state index is -0.283. The maximum atomic E-state index is 13.1. The molecule has 2 fully saturated rings. The van der Waals surface area contributed by atoms with Gasteiger partial charge in [-0.05, 0) is 80.1 Å². The summed E-state index contributed by atoms with van der Waals surface area (Å²) in [5, 5.41) is 0. The third-order valence-corrected chi connectivity index (χ3v) is 7.69. The van der Waals surface area contributed by atoms with Crippen molar-refractivity contribution in [3.63, 3.8) is 0 Å². The number of pyridine rings is 1. The molecular weight excluding hydrogens is 509 g/mol. The first-order valence-electron chi connectivity index (χ1n) is 13.8. The van der Waals surface area contributed by atoms with Crippen LogP contribution >= 0.6 is 0 Å². The summed E-state index contributed by atoms with van der Waals surface area (Å²) in [4.78, 5) is 35.4. The largest absolute Gasteiger partial charge is 0.490 e. The molecule has 2 aliphatic rings. The molecule has 0 radical (unpaired) electrons. The number of halogens is 1. The monoisotopic (exact) mass is 541 g/mol. The summed E-state index contributed by atoms with van der Waals surface area (Å²) in [6, 6.07) is 16.5. The van der Waals surface area contributed by atoms with Crippen molar-refractivity contribution in [1.82, 2.24) is 9.88 Å². The molecule has 1 aliphatic heterocycles. The number of ether oxygens (including phenoxy) is 2. The molecule has 7 nitrogen and oxygen atoms in total. The van der Waals surface area contributed by atoms with Crippen LogP contribution in [0.25, 0.3) is 4.85 Å². The van der Waals surface area contributed by atoms with Crippen molar-refractivity contribution in [2.45, 2.75) is 57.2 Å². The molecule has 40 heavy (non-hydrogen) atoms. The van der Waals surface area contributed by atoms with Crippen LogP contribution in [0.5, 0.6) is 11.5 Å². The van der Waals surface area contributed by atoms with Crippen molar-refractivity contribution in [3.8, 4) is 11.5 Å². The first-order valence-corrected chi connectivity index (χ1v) is 13.8. The number of carbonyl (C=O) groups is 2. The fourth-order valence-electron chi connectivity index (χ4n) is 5.36. The molecule has 3 aromatic rings. The van der Waals surface area contributed by atoms with Gasteiger partial charge in [0.1, 0.15) is 29.1 Å². The zero-order valence-corrected chi connectivity index (χ0v) is 22.3. The molecule has 5 rings (SSSR count). The standard InChI is InChI=1S/C32H32FN3O4/c1-34-25-7-13-28(14-8-25)40-29-16-18-36(19-17-29)32(38)30-15-4-23(21-35-30)31(37)20-22-2-9-26(10-3-22)39-27-11-5-24(33)6-12-27/h4-8,11-15,21-22,26,29H,2-3,9-10,16-20H2. The van der Waals surface area contributed by atoms with Crippen LogP contribution in [0.3, 0.4) is 0 Å². The molecule has 2 aromatic carbocycles. The average molecular weight is 542 g/mol. The quantitative estimate of drug-likeness (QED) is 0.235. The van der Waals surface area contributed by atoms with E-state index in [-0.39, 0.29) is 35.6 Å². The van der Waals surface area contributed by atoms with E-state index in [4.69, 9.17) is 16.0 Å². The Labute approximate surface area is 233 Å². The Bertz CT molecular complexity index is 1340. The molecule has 1 amide bonds. The van der Waals surface area contributed by atoms with Crippen LogP contribution in [0.15, 0.2) is 66.9 Å². The van der Waals surface area contributed by atoms with Gasteiger partial charge in [-0.15, -0.1) is 0 Å². The summed E-state index contributed by atoms with van der Waals surface area (Å²) in [5.74, 6) is 1.30. The van der Waals surface area contributed by atoms with E-state index in [1.165, 1.54) is 18.3 Å². The second-order valence-corrected chi connectivity index (χ2v) is 10.5. The number of hydrogen-bond acceptors (Lipinski definition) is 5. The van der Waals surface area contributed by atoms with Crippen molar-refractivity contribution in [1.29, 1.82) is 0 Å². The SMILES string of the molecule is [C-]#[N+]c1ccc(OC2CCN(C(=O)c3ccc(C(=O)CC4CCC(Oc5ccc(F)cc5)CC4)cn3)CC2)cc1. The van der Waals surface area contributed by atoms with E-state index in [0.29, 0.717) is 55.0 Å². The predicted octanol–water partition coefficient (Wildman–Crippen LogP) is 6.67. The van der Waals surface area contributed by atoms with Crippen LogP contribution in [0, 0.1) is 18.3 Å². The molecule has 206 valence electrons. The zero-order chi connectivity index (χ0) is 27.9. The molecule has 0 N–H and O–H groups in total. The number of nitrogens with zero attached hydrogens (tertiary/aromatic N) is 3. The van der Waals surface area contributed by atoms with E-state index in [1.54, 1.807) is 53.4 Å². The first kappa shape index (κ1) is 27.3. The highest BCUT2D eigenvalue weighted by atomic mass is 19.1. The molecule has 0 atom stereocenters. The van der Waals surface area contributed by atoms with Crippen molar-refractivity contribution < 1.29 is 23.5 Å². The molecule has 1 saturated heterocycles. The van der Waals surface area contributed by atoms with Gasteiger partial charge in [0.15, 0.2) is 11.5 Å². The molecule has 0 spiro atoms. The number of aromatic nitrogens is 1. The number of hydrogen-bond donors (Lipinski definition) is 0. The Morgan fingerprint density at radius 2 is 1.45 bits per heavy atom. The lowest BCUT2D eigenvalue weighted by Gasteiger charge is -2.32. The second-order valence-electron chi connectivity index (χ2n) is 10.5. The van der Waals surface area contributed by atoms with Gasteiger partial charge in [0.25, 0.3) is 5.91 Å². The fraction of sp³-hybridized carbons (Fsp3) is 0.375. The van der Waals surface area contributed by atoms with Crippen LogP contribution in [-0.4, -0.2) is 46.9 Å². The van der Waals surface area contributed by atoms with E-state index in [2.05, 4.69) is 9.83 Å². The van der Waals surface area contributed by atoms with Crippen LogP contribution in [0.1, 0.15) is 65.8 Å². The third kappa shape index (κ3) is 7.03. The summed E-state index contributed by atoms with van der Waals surface area (Å²) >= 11 is 0. The van der Waals surface area contributed by atoms with Crippen molar-refractivity contribution in [2.75, 3.05) is 13.1 Å². The molecule has 0 bridgehead atoms. The average Bonchev–Trinajstić information content (AvgIpc) is 3.00. The molecule has 2 heterocycles. The van der Waals surface area contributed by atoms with Crippen LogP contribution in [0.4, 0.5) is 10.1 Å². The Morgan fingerprint density at radius 3 is 2.02 bits per heavy atom. The molecular formula is C32H32FN3O4. The summed E-state index contributed by atoms with van der Waals surface area (Å²) in [7, 11) is 0. The molecule has 1 saturated carbocycles.